The van der Waals surface area contributed by atoms with Crippen molar-refractivity contribution in [3.8, 4) is 0 Å². The molecule has 0 spiro atoms. The molecule has 0 aliphatic rings. The van der Waals surface area contributed by atoms with E-state index in [0.717, 1.165) is 33.7 Å². The van der Waals surface area contributed by atoms with Gasteiger partial charge < -0.3 is 5.11 Å². The third kappa shape index (κ3) is 5.02. The van der Waals surface area contributed by atoms with Gasteiger partial charge in [-0.15, -0.1) is 0 Å². The van der Waals surface area contributed by atoms with Crippen molar-refractivity contribution in [2.45, 2.75) is 6.42 Å². The standard InChI is InChI=1S/C26H19ClF2N2O2/c27-23-14-20(29)7-8-21(23)22(11-12-28)26(18-6-9-24-19(13-18)15-30-31-24)17-4-1-16(2-5-17)3-10-25(32)33/h1-10,13-15H,11-12H2,(H,30,31)(H,32,33)/b10-3+,26-22+. The van der Waals surface area contributed by atoms with Crippen LogP contribution in [-0.4, -0.2) is 27.9 Å². The van der Waals surface area contributed by atoms with Gasteiger partial charge in [0.15, 0.2) is 0 Å². The molecule has 0 aliphatic heterocycles. The second kappa shape index (κ2) is 9.79. The van der Waals surface area contributed by atoms with Crippen LogP contribution in [0.2, 0.25) is 5.02 Å². The molecule has 1 heterocycles. The van der Waals surface area contributed by atoms with E-state index in [1.54, 1.807) is 24.4 Å². The topological polar surface area (TPSA) is 66.0 Å². The molecule has 1 aromatic heterocycles. The fourth-order valence-electron chi connectivity index (χ4n) is 3.76. The molecule has 7 heteroatoms. The molecule has 4 rings (SSSR count). The number of benzene rings is 3. The number of hydrogen-bond donors (Lipinski definition) is 2. The summed E-state index contributed by atoms with van der Waals surface area (Å²) in [7, 11) is 0. The van der Waals surface area contributed by atoms with Gasteiger partial charge in [0.25, 0.3) is 0 Å². The van der Waals surface area contributed by atoms with Gasteiger partial charge in [-0.3, -0.25) is 9.49 Å². The van der Waals surface area contributed by atoms with Crippen molar-refractivity contribution in [1.29, 1.82) is 0 Å². The number of rotatable bonds is 7. The third-order valence-corrected chi connectivity index (χ3v) is 5.56. The van der Waals surface area contributed by atoms with Crippen LogP contribution in [0.4, 0.5) is 8.78 Å². The number of carboxylic acids is 1. The number of carbonyl (C=O) groups is 1. The van der Waals surface area contributed by atoms with Crippen molar-refractivity contribution in [2.75, 3.05) is 6.67 Å². The van der Waals surface area contributed by atoms with Crippen LogP contribution in [0.1, 0.15) is 28.7 Å². The Morgan fingerprint density at radius 3 is 2.52 bits per heavy atom. The number of alkyl halides is 1. The summed E-state index contributed by atoms with van der Waals surface area (Å²) in [6, 6.07) is 17.1. The zero-order chi connectivity index (χ0) is 23.4. The van der Waals surface area contributed by atoms with Crippen LogP contribution in [0.3, 0.4) is 0 Å². The molecule has 0 radical (unpaired) electrons. The van der Waals surface area contributed by atoms with Gasteiger partial charge in [0.1, 0.15) is 5.82 Å². The first-order valence-corrected chi connectivity index (χ1v) is 10.5. The van der Waals surface area contributed by atoms with E-state index >= 15 is 0 Å². The molecule has 0 amide bonds. The number of aromatic amines is 1. The van der Waals surface area contributed by atoms with E-state index in [2.05, 4.69) is 10.2 Å². The maximum Gasteiger partial charge on any atom is 0.328 e. The van der Waals surface area contributed by atoms with Crippen molar-refractivity contribution in [3.63, 3.8) is 0 Å². The summed E-state index contributed by atoms with van der Waals surface area (Å²) in [6.45, 7) is -0.625. The van der Waals surface area contributed by atoms with Crippen molar-refractivity contribution in [2.24, 2.45) is 0 Å². The number of nitrogens with one attached hydrogen (secondary N) is 1. The van der Waals surface area contributed by atoms with E-state index in [9.17, 15) is 13.6 Å². The predicted octanol–water partition coefficient (Wildman–Crippen LogP) is 6.77. The van der Waals surface area contributed by atoms with E-state index in [1.807, 2.05) is 30.3 Å². The number of fused-ring (bicyclic) bond motifs is 1. The number of aliphatic carboxylic acids is 1. The first-order chi connectivity index (χ1) is 16.0. The molecule has 33 heavy (non-hydrogen) atoms. The Hall–Kier alpha value is -3.77. The normalized spacial score (nSPS) is 12.3. The van der Waals surface area contributed by atoms with Crippen LogP contribution < -0.4 is 0 Å². The molecule has 0 atom stereocenters. The van der Waals surface area contributed by atoms with Crippen molar-refractivity contribution < 1.29 is 18.7 Å². The first kappa shape index (κ1) is 22.4. The van der Waals surface area contributed by atoms with Gasteiger partial charge in [0.05, 0.1) is 23.4 Å². The SMILES string of the molecule is O=C(O)/C=C/c1ccc(/C(=C(/CCF)c2ccc(F)cc2Cl)c2ccc3[nH]ncc3c2)cc1. The number of halogens is 3. The molecule has 0 saturated heterocycles. The van der Waals surface area contributed by atoms with Crippen LogP contribution in [-0.2, 0) is 4.79 Å². The molecule has 0 bridgehead atoms. The molecule has 2 N–H and O–H groups in total. The number of carboxylic acid groups (broad SMARTS) is 1. The van der Waals surface area contributed by atoms with Crippen molar-refractivity contribution in [3.05, 3.63) is 106 Å². The largest absolute Gasteiger partial charge is 0.478 e. The molecule has 4 nitrogen and oxygen atoms in total. The average molecular weight is 465 g/mol. The van der Waals surface area contributed by atoms with Crippen molar-refractivity contribution in [1.82, 2.24) is 10.2 Å². The molecule has 0 unspecified atom stereocenters. The maximum atomic E-state index is 13.7. The quantitative estimate of drug-likeness (QED) is 0.234. The molecular weight excluding hydrogens is 446 g/mol. The molecule has 0 saturated carbocycles. The molecule has 0 aliphatic carbocycles. The van der Waals surface area contributed by atoms with E-state index in [1.165, 1.54) is 18.2 Å². The lowest BCUT2D eigenvalue weighted by atomic mass is 9.87. The van der Waals surface area contributed by atoms with Crippen LogP contribution in [0.25, 0.3) is 28.1 Å². The van der Waals surface area contributed by atoms with Gasteiger partial charge in [-0.05, 0) is 63.7 Å². The van der Waals surface area contributed by atoms with E-state index in [0.29, 0.717) is 16.7 Å². The summed E-state index contributed by atoms with van der Waals surface area (Å²) < 4.78 is 27.5. The highest BCUT2D eigenvalue weighted by Crippen LogP contribution is 2.38. The lowest BCUT2D eigenvalue weighted by molar-refractivity contribution is -0.131. The third-order valence-electron chi connectivity index (χ3n) is 5.25. The van der Waals surface area contributed by atoms with Gasteiger partial charge in [-0.25, -0.2) is 9.18 Å². The summed E-state index contributed by atoms with van der Waals surface area (Å²) in [5.41, 5.74) is 5.11. The molecule has 0 fully saturated rings. The molecular formula is C26H19ClF2N2O2. The van der Waals surface area contributed by atoms with Gasteiger partial charge in [0.2, 0.25) is 0 Å². The summed E-state index contributed by atoms with van der Waals surface area (Å²) in [6.07, 6.45) is 4.33. The van der Waals surface area contributed by atoms with E-state index < -0.39 is 18.5 Å². The van der Waals surface area contributed by atoms with Gasteiger partial charge in [-0.1, -0.05) is 48.0 Å². The monoisotopic (exact) mass is 464 g/mol. The highest BCUT2D eigenvalue weighted by molar-refractivity contribution is 6.32. The highest BCUT2D eigenvalue weighted by atomic mass is 35.5. The lowest BCUT2D eigenvalue weighted by Crippen LogP contribution is -1.98. The first-order valence-electron chi connectivity index (χ1n) is 10.2. The second-order valence-corrected chi connectivity index (χ2v) is 7.79. The molecule has 4 aromatic rings. The highest BCUT2D eigenvalue weighted by Gasteiger charge is 2.17. The number of hydrogen-bond acceptors (Lipinski definition) is 2. The predicted molar refractivity (Wildman–Crippen MR) is 127 cm³/mol. The number of nitrogens with zero attached hydrogens (tertiary/aromatic N) is 1. The number of H-pyrrole nitrogens is 1. The van der Waals surface area contributed by atoms with Crippen LogP contribution in [0.5, 0.6) is 0 Å². The van der Waals surface area contributed by atoms with E-state index in [-0.39, 0.29) is 11.4 Å². The molecule has 166 valence electrons. The Labute approximate surface area is 193 Å². The Bertz CT molecular complexity index is 1370. The van der Waals surface area contributed by atoms with Crippen molar-refractivity contribution >= 4 is 45.7 Å². The second-order valence-electron chi connectivity index (χ2n) is 7.38. The van der Waals surface area contributed by atoms with Gasteiger partial charge in [0, 0.05) is 17.9 Å². The summed E-state index contributed by atoms with van der Waals surface area (Å²) in [5, 5.41) is 16.9. The average Bonchev–Trinajstić information content (AvgIpc) is 3.26. The summed E-state index contributed by atoms with van der Waals surface area (Å²) in [5.74, 6) is -1.51. The molecule has 3 aromatic carbocycles. The number of aromatic nitrogens is 2. The minimum atomic E-state index is -1.04. The Kier molecular flexibility index (Phi) is 6.66. The lowest BCUT2D eigenvalue weighted by Gasteiger charge is -2.18. The number of allylic oxidation sites excluding steroid dienone is 1. The fraction of sp³-hybridized carbons (Fsp3) is 0.0769. The Morgan fingerprint density at radius 1 is 1.06 bits per heavy atom. The zero-order valence-corrected chi connectivity index (χ0v) is 18.1. The summed E-state index contributed by atoms with van der Waals surface area (Å²) >= 11 is 6.38. The zero-order valence-electron chi connectivity index (χ0n) is 17.4. The minimum Gasteiger partial charge on any atom is -0.478 e. The van der Waals surface area contributed by atoms with Gasteiger partial charge in [-0.2, -0.15) is 5.10 Å². The van der Waals surface area contributed by atoms with E-state index in [4.69, 9.17) is 16.7 Å². The minimum absolute atomic E-state index is 0.0742. The maximum absolute atomic E-state index is 13.7. The smallest absolute Gasteiger partial charge is 0.328 e. The fourth-order valence-corrected chi connectivity index (χ4v) is 4.05. The Morgan fingerprint density at radius 2 is 1.82 bits per heavy atom. The van der Waals surface area contributed by atoms with Crippen LogP contribution in [0, 0.1) is 5.82 Å². The summed E-state index contributed by atoms with van der Waals surface area (Å²) in [4.78, 5) is 10.8. The van der Waals surface area contributed by atoms with Crippen LogP contribution >= 0.6 is 11.6 Å². The Balaban J connectivity index is 1.95. The van der Waals surface area contributed by atoms with Gasteiger partial charge >= 0.3 is 5.97 Å². The van der Waals surface area contributed by atoms with Crippen LogP contribution in [0.15, 0.2) is 72.9 Å².